The number of carboxylic acids is 1. The molecular formula is C15H22O6. The van der Waals surface area contributed by atoms with E-state index in [1.807, 2.05) is 0 Å². The van der Waals surface area contributed by atoms with E-state index >= 15 is 0 Å². The fraction of sp³-hybridized carbons (Fsp3) is 0.533. The lowest BCUT2D eigenvalue weighted by Crippen LogP contribution is -2.12. The Kier molecular flexibility index (Phi) is 9.19. The van der Waals surface area contributed by atoms with Crippen molar-refractivity contribution in [2.24, 2.45) is 0 Å². The smallest absolute Gasteiger partial charge is 0.307 e. The zero-order valence-electron chi connectivity index (χ0n) is 12.2. The molecule has 0 radical (unpaired) electrons. The summed E-state index contributed by atoms with van der Waals surface area (Å²) in [4.78, 5) is 10.5. The number of rotatable bonds is 12. The van der Waals surface area contributed by atoms with E-state index in [-0.39, 0.29) is 6.42 Å². The van der Waals surface area contributed by atoms with Crippen LogP contribution >= 0.6 is 0 Å². The third-order valence-electron chi connectivity index (χ3n) is 2.58. The first-order valence-electron chi connectivity index (χ1n) is 6.80. The van der Waals surface area contributed by atoms with Crippen molar-refractivity contribution < 1.29 is 28.8 Å². The van der Waals surface area contributed by atoms with Crippen molar-refractivity contribution in [2.75, 3.05) is 46.8 Å². The first-order valence-corrected chi connectivity index (χ1v) is 6.80. The van der Waals surface area contributed by atoms with Crippen LogP contribution in [0.5, 0.6) is 5.75 Å². The molecule has 0 bridgehead atoms. The molecule has 1 rings (SSSR count). The van der Waals surface area contributed by atoms with Gasteiger partial charge in [-0.25, -0.2) is 0 Å². The summed E-state index contributed by atoms with van der Waals surface area (Å²) in [6.07, 6.45) is 0.0203. The van der Waals surface area contributed by atoms with Crippen molar-refractivity contribution in [1.29, 1.82) is 0 Å². The maximum absolute atomic E-state index is 10.5. The van der Waals surface area contributed by atoms with Crippen LogP contribution in [0.25, 0.3) is 0 Å². The second-order valence-corrected chi connectivity index (χ2v) is 4.28. The fourth-order valence-corrected chi connectivity index (χ4v) is 1.56. The average Bonchev–Trinajstić information content (AvgIpc) is 2.47. The van der Waals surface area contributed by atoms with E-state index in [9.17, 15) is 4.79 Å². The van der Waals surface area contributed by atoms with Crippen molar-refractivity contribution in [3.63, 3.8) is 0 Å². The molecule has 0 saturated heterocycles. The lowest BCUT2D eigenvalue weighted by molar-refractivity contribution is -0.136. The van der Waals surface area contributed by atoms with Gasteiger partial charge >= 0.3 is 5.97 Å². The van der Waals surface area contributed by atoms with E-state index < -0.39 is 5.97 Å². The van der Waals surface area contributed by atoms with Crippen LogP contribution in [-0.4, -0.2) is 57.8 Å². The van der Waals surface area contributed by atoms with Crippen LogP contribution in [0.3, 0.4) is 0 Å². The van der Waals surface area contributed by atoms with Crippen molar-refractivity contribution in [3.8, 4) is 5.75 Å². The summed E-state index contributed by atoms with van der Waals surface area (Å²) >= 11 is 0. The summed E-state index contributed by atoms with van der Waals surface area (Å²) in [6.45, 7) is 3.12. The zero-order chi connectivity index (χ0) is 15.3. The predicted octanol–water partition coefficient (Wildman–Crippen LogP) is 1.37. The second kappa shape index (κ2) is 11.1. The minimum absolute atomic E-state index is 0.0203. The van der Waals surface area contributed by atoms with Gasteiger partial charge in [-0.2, -0.15) is 0 Å². The van der Waals surface area contributed by atoms with Crippen LogP contribution in [0, 0.1) is 0 Å². The van der Waals surface area contributed by atoms with Crippen LogP contribution in [0.1, 0.15) is 5.56 Å². The Morgan fingerprint density at radius 1 is 0.952 bits per heavy atom. The van der Waals surface area contributed by atoms with Gasteiger partial charge in [-0.1, -0.05) is 12.1 Å². The van der Waals surface area contributed by atoms with Gasteiger partial charge in [0.2, 0.25) is 0 Å². The van der Waals surface area contributed by atoms with Crippen molar-refractivity contribution in [3.05, 3.63) is 29.8 Å². The van der Waals surface area contributed by atoms with Gasteiger partial charge in [-0.15, -0.1) is 0 Å². The Morgan fingerprint density at radius 2 is 1.52 bits per heavy atom. The maximum Gasteiger partial charge on any atom is 0.307 e. The Hall–Kier alpha value is -1.63. The summed E-state index contributed by atoms with van der Waals surface area (Å²) in [5.74, 6) is -0.145. The highest BCUT2D eigenvalue weighted by Crippen LogP contribution is 2.12. The number of aliphatic carboxylic acids is 1. The van der Waals surface area contributed by atoms with Crippen LogP contribution in [0.15, 0.2) is 24.3 Å². The first-order chi connectivity index (χ1) is 10.2. The molecule has 1 aromatic carbocycles. The van der Waals surface area contributed by atoms with Gasteiger partial charge in [0.25, 0.3) is 0 Å². The lowest BCUT2D eigenvalue weighted by atomic mass is 10.1. The Bertz CT molecular complexity index is 390. The van der Waals surface area contributed by atoms with Crippen LogP contribution in [-0.2, 0) is 25.4 Å². The molecule has 118 valence electrons. The van der Waals surface area contributed by atoms with Crippen LogP contribution in [0.2, 0.25) is 0 Å². The van der Waals surface area contributed by atoms with Gasteiger partial charge in [0.05, 0.1) is 39.5 Å². The van der Waals surface area contributed by atoms with E-state index in [0.29, 0.717) is 45.4 Å². The van der Waals surface area contributed by atoms with Gasteiger partial charge in [-0.3, -0.25) is 4.79 Å². The minimum atomic E-state index is -0.843. The third-order valence-corrected chi connectivity index (χ3v) is 2.58. The normalized spacial score (nSPS) is 10.5. The van der Waals surface area contributed by atoms with E-state index in [2.05, 4.69) is 0 Å². The molecule has 0 saturated carbocycles. The van der Waals surface area contributed by atoms with Gasteiger partial charge in [0, 0.05) is 7.11 Å². The summed E-state index contributed by atoms with van der Waals surface area (Å²) in [5, 5.41) is 8.66. The highest BCUT2D eigenvalue weighted by atomic mass is 16.6. The Morgan fingerprint density at radius 3 is 2.10 bits per heavy atom. The summed E-state index contributed by atoms with van der Waals surface area (Å²) in [7, 11) is 1.63. The molecule has 0 amide bonds. The molecule has 0 spiro atoms. The molecule has 0 aliphatic carbocycles. The van der Waals surface area contributed by atoms with Crippen molar-refractivity contribution >= 4 is 5.97 Å². The highest BCUT2D eigenvalue weighted by Gasteiger charge is 2.00. The minimum Gasteiger partial charge on any atom is -0.491 e. The molecule has 0 atom stereocenters. The third kappa shape index (κ3) is 9.01. The van der Waals surface area contributed by atoms with Gasteiger partial charge in [0.15, 0.2) is 0 Å². The summed E-state index contributed by atoms with van der Waals surface area (Å²) in [6, 6.07) is 7.00. The van der Waals surface area contributed by atoms with Crippen molar-refractivity contribution in [1.82, 2.24) is 0 Å². The second-order valence-electron chi connectivity index (χ2n) is 4.28. The zero-order valence-corrected chi connectivity index (χ0v) is 12.2. The largest absolute Gasteiger partial charge is 0.491 e. The quantitative estimate of drug-likeness (QED) is 0.588. The molecule has 1 N–H and O–H groups in total. The molecule has 0 heterocycles. The standard InChI is InChI=1S/C15H22O6/c1-18-6-7-19-8-9-20-10-11-21-14-4-2-13(3-5-14)12-15(16)17/h2-5H,6-12H2,1H3,(H,16,17). The number of hydrogen-bond acceptors (Lipinski definition) is 5. The number of hydrogen-bond donors (Lipinski definition) is 1. The van der Waals surface area contributed by atoms with E-state index in [4.69, 9.17) is 24.1 Å². The Labute approximate surface area is 124 Å². The monoisotopic (exact) mass is 298 g/mol. The molecule has 0 aliphatic rings. The number of ether oxygens (including phenoxy) is 4. The van der Waals surface area contributed by atoms with Gasteiger partial charge < -0.3 is 24.1 Å². The molecule has 1 aromatic rings. The molecule has 21 heavy (non-hydrogen) atoms. The van der Waals surface area contributed by atoms with Crippen LogP contribution < -0.4 is 4.74 Å². The van der Waals surface area contributed by atoms with Crippen molar-refractivity contribution in [2.45, 2.75) is 6.42 Å². The van der Waals surface area contributed by atoms with Gasteiger partial charge in [0.1, 0.15) is 12.4 Å². The van der Waals surface area contributed by atoms with E-state index in [1.54, 1.807) is 31.4 Å². The first kappa shape index (κ1) is 17.4. The van der Waals surface area contributed by atoms with Crippen LogP contribution in [0.4, 0.5) is 0 Å². The Balaban J connectivity index is 2.03. The predicted molar refractivity (Wildman–Crippen MR) is 76.8 cm³/mol. The number of carboxylic acid groups (broad SMARTS) is 1. The number of benzene rings is 1. The molecule has 0 fully saturated rings. The van der Waals surface area contributed by atoms with Gasteiger partial charge in [-0.05, 0) is 17.7 Å². The molecule has 0 aromatic heterocycles. The topological polar surface area (TPSA) is 74.2 Å². The summed E-state index contributed by atoms with van der Waals surface area (Å²) < 4.78 is 20.9. The maximum atomic E-state index is 10.5. The SMILES string of the molecule is COCCOCCOCCOc1ccc(CC(=O)O)cc1. The molecule has 6 nitrogen and oxygen atoms in total. The molecular weight excluding hydrogens is 276 g/mol. The fourth-order valence-electron chi connectivity index (χ4n) is 1.56. The number of carbonyl (C=O) groups is 1. The van der Waals surface area contributed by atoms with E-state index in [1.165, 1.54) is 0 Å². The highest BCUT2D eigenvalue weighted by molar-refractivity contribution is 5.70. The summed E-state index contributed by atoms with van der Waals surface area (Å²) in [5.41, 5.74) is 0.749. The lowest BCUT2D eigenvalue weighted by Gasteiger charge is -2.08. The average molecular weight is 298 g/mol. The van der Waals surface area contributed by atoms with E-state index in [0.717, 1.165) is 5.56 Å². The molecule has 0 unspecified atom stereocenters. The number of methoxy groups -OCH3 is 1. The molecule has 0 aliphatic heterocycles. The molecule has 6 heteroatoms.